The molecule has 0 spiro atoms. The first kappa shape index (κ1) is 13.6. The fraction of sp³-hybridized carbons (Fsp3) is 0.538. The zero-order chi connectivity index (χ0) is 12.7. The molecule has 0 saturated heterocycles. The summed E-state index contributed by atoms with van der Waals surface area (Å²) in [6, 6.07) is 3.69. The van der Waals surface area contributed by atoms with E-state index in [0.717, 1.165) is 18.4 Å². The van der Waals surface area contributed by atoms with Gasteiger partial charge in [-0.2, -0.15) is 0 Å². The Balaban J connectivity index is 2.80. The van der Waals surface area contributed by atoms with Crippen LogP contribution < -0.4 is 0 Å². The van der Waals surface area contributed by atoms with E-state index in [1.807, 2.05) is 19.1 Å². The largest absolute Gasteiger partial charge is 0.395 e. The van der Waals surface area contributed by atoms with Gasteiger partial charge in [-0.1, -0.05) is 19.4 Å². The van der Waals surface area contributed by atoms with Crippen molar-refractivity contribution in [2.24, 2.45) is 0 Å². The maximum absolute atomic E-state index is 12.2. The van der Waals surface area contributed by atoms with Crippen molar-refractivity contribution in [1.29, 1.82) is 0 Å². The number of amides is 1. The number of unbranched alkanes of at least 4 members (excludes halogenated alkanes) is 1. The molecule has 1 heterocycles. The molecule has 0 unspecified atom stereocenters. The highest BCUT2D eigenvalue weighted by Gasteiger charge is 2.17. The minimum Gasteiger partial charge on any atom is -0.395 e. The van der Waals surface area contributed by atoms with E-state index >= 15 is 0 Å². The van der Waals surface area contributed by atoms with E-state index in [1.54, 1.807) is 11.1 Å². The summed E-state index contributed by atoms with van der Waals surface area (Å²) in [5, 5.41) is 8.99. The van der Waals surface area contributed by atoms with Gasteiger partial charge in [0.15, 0.2) is 0 Å². The van der Waals surface area contributed by atoms with E-state index < -0.39 is 0 Å². The first-order valence-corrected chi connectivity index (χ1v) is 6.02. The van der Waals surface area contributed by atoms with Crippen molar-refractivity contribution in [3.63, 3.8) is 0 Å². The predicted octanol–water partition coefficient (Wildman–Crippen LogP) is 1.62. The van der Waals surface area contributed by atoms with Crippen LogP contribution in [-0.4, -0.2) is 40.6 Å². The third-order valence-electron chi connectivity index (χ3n) is 2.65. The summed E-state index contributed by atoms with van der Waals surface area (Å²) in [5.41, 5.74) is 1.36. The molecule has 1 aromatic rings. The second kappa shape index (κ2) is 7.01. The van der Waals surface area contributed by atoms with Crippen molar-refractivity contribution < 1.29 is 9.90 Å². The van der Waals surface area contributed by atoms with Crippen LogP contribution in [0.15, 0.2) is 18.3 Å². The minimum atomic E-state index is -0.0920. The highest BCUT2D eigenvalue weighted by molar-refractivity contribution is 5.93. The number of aliphatic hydroxyl groups excluding tert-OH is 1. The average Bonchev–Trinajstić information content (AvgIpc) is 2.34. The lowest BCUT2D eigenvalue weighted by molar-refractivity contribution is 0.0712. The maximum atomic E-state index is 12.2. The van der Waals surface area contributed by atoms with Crippen LogP contribution in [0.1, 0.15) is 35.8 Å². The SMILES string of the molecule is CCCCN(CCO)C(=O)c1ncccc1C. The zero-order valence-corrected chi connectivity index (χ0v) is 10.5. The summed E-state index contributed by atoms with van der Waals surface area (Å²) in [6.45, 7) is 4.98. The molecule has 1 amide bonds. The van der Waals surface area contributed by atoms with Crippen molar-refractivity contribution in [2.45, 2.75) is 26.7 Å². The van der Waals surface area contributed by atoms with Gasteiger partial charge in [0.1, 0.15) is 5.69 Å². The van der Waals surface area contributed by atoms with Gasteiger partial charge in [0, 0.05) is 19.3 Å². The van der Waals surface area contributed by atoms with Gasteiger partial charge < -0.3 is 10.0 Å². The van der Waals surface area contributed by atoms with Gasteiger partial charge >= 0.3 is 0 Å². The Morgan fingerprint density at radius 2 is 2.24 bits per heavy atom. The van der Waals surface area contributed by atoms with Gasteiger partial charge in [-0.15, -0.1) is 0 Å². The first-order chi connectivity index (χ1) is 8.20. The zero-order valence-electron chi connectivity index (χ0n) is 10.5. The second-order valence-electron chi connectivity index (χ2n) is 4.04. The fourth-order valence-electron chi connectivity index (χ4n) is 1.64. The lowest BCUT2D eigenvalue weighted by atomic mass is 10.2. The van der Waals surface area contributed by atoms with Crippen LogP contribution in [0, 0.1) is 6.92 Å². The van der Waals surface area contributed by atoms with Gasteiger partial charge in [-0.25, -0.2) is 0 Å². The smallest absolute Gasteiger partial charge is 0.272 e. The Labute approximate surface area is 102 Å². The molecule has 94 valence electrons. The third kappa shape index (κ3) is 3.82. The Morgan fingerprint density at radius 1 is 1.47 bits per heavy atom. The van der Waals surface area contributed by atoms with Crippen LogP contribution in [0.3, 0.4) is 0 Å². The number of carbonyl (C=O) groups is 1. The molecule has 0 aliphatic carbocycles. The van der Waals surface area contributed by atoms with Crippen molar-refractivity contribution >= 4 is 5.91 Å². The molecule has 0 atom stereocenters. The molecule has 0 saturated carbocycles. The molecule has 0 bridgehead atoms. The number of hydrogen-bond acceptors (Lipinski definition) is 3. The number of pyridine rings is 1. The van der Waals surface area contributed by atoms with Crippen molar-refractivity contribution in [1.82, 2.24) is 9.88 Å². The molecule has 1 rings (SSSR count). The van der Waals surface area contributed by atoms with Crippen LogP contribution in [0.2, 0.25) is 0 Å². The fourth-order valence-corrected chi connectivity index (χ4v) is 1.64. The Bertz CT molecular complexity index is 366. The highest BCUT2D eigenvalue weighted by atomic mass is 16.3. The number of nitrogens with zero attached hydrogens (tertiary/aromatic N) is 2. The normalized spacial score (nSPS) is 10.3. The van der Waals surface area contributed by atoms with Gasteiger partial charge in [-0.3, -0.25) is 9.78 Å². The predicted molar refractivity (Wildman–Crippen MR) is 66.9 cm³/mol. The van der Waals surface area contributed by atoms with Crippen LogP contribution >= 0.6 is 0 Å². The molecule has 0 radical (unpaired) electrons. The van der Waals surface area contributed by atoms with E-state index in [1.165, 1.54) is 0 Å². The van der Waals surface area contributed by atoms with Gasteiger partial charge in [0.25, 0.3) is 5.91 Å². The number of aliphatic hydroxyl groups is 1. The van der Waals surface area contributed by atoms with E-state index in [-0.39, 0.29) is 12.5 Å². The van der Waals surface area contributed by atoms with Crippen LogP contribution in [0.4, 0.5) is 0 Å². The standard InChI is InChI=1S/C13H20N2O2/c1-3-4-8-15(9-10-16)13(17)12-11(2)6-5-7-14-12/h5-7,16H,3-4,8-10H2,1-2H3. The minimum absolute atomic E-state index is 0.0126. The molecular weight excluding hydrogens is 216 g/mol. The summed E-state index contributed by atoms with van der Waals surface area (Å²) in [4.78, 5) is 18.0. The highest BCUT2D eigenvalue weighted by Crippen LogP contribution is 2.08. The molecule has 0 fully saturated rings. The lowest BCUT2D eigenvalue weighted by Crippen LogP contribution is -2.35. The van der Waals surface area contributed by atoms with Crippen LogP contribution in [0.5, 0.6) is 0 Å². The molecule has 4 nitrogen and oxygen atoms in total. The summed E-state index contributed by atoms with van der Waals surface area (Å²) in [7, 11) is 0. The lowest BCUT2D eigenvalue weighted by Gasteiger charge is -2.21. The van der Waals surface area contributed by atoms with Crippen molar-refractivity contribution in [3.8, 4) is 0 Å². The molecule has 0 aliphatic rings. The second-order valence-corrected chi connectivity index (χ2v) is 4.04. The quantitative estimate of drug-likeness (QED) is 0.816. The summed E-state index contributed by atoms with van der Waals surface area (Å²) in [6.07, 6.45) is 3.59. The van der Waals surface area contributed by atoms with Crippen molar-refractivity contribution in [3.05, 3.63) is 29.6 Å². The van der Waals surface area contributed by atoms with Gasteiger partial charge in [-0.05, 0) is 25.0 Å². The number of hydrogen-bond donors (Lipinski definition) is 1. The Kier molecular flexibility index (Phi) is 5.63. The number of aryl methyl sites for hydroxylation is 1. The molecule has 4 heteroatoms. The Hall–Kier alpha value is -1.42. The van der Waals surface area contributed by atoms with E-state index in [9.17, 15) is 4.79 Å². The number of carbonyl (C=O) groups excluding carboxylic acids is 1. The average molecular weight is 236 g/mol. The van der Waals surface area contributed by atoms with Crippen LogP contribution in [0.25, 0.3) is 0 Å². The molecule has 0 aliphatic heterocycles. The molecular formula is C13H20N2O2. The molecule has 1 N–H and O–H groups in total. The maximum Gasteiger partial charge on any atom is 0.272 e. The van der Waals surface area contributed by atoms with Crippen molar-refractivity contribution in [2.75, 3.05) is 19.7 Å². The van der Waals surface area contributed by atoms with E-state index in [2.05, 4.69) is 11.9 Å². The molecule has 1 aromatic heterocycles. The van der Waals surface area contributed by atoms with Gasteiger partial charge in [0.05, 0.1) is 6.61 Å². The summed E-state index contributed by atoms with van der Waals surface area (Å²) < 4.78 is 0. The Morgan fingerprint density at radius 3 is 2.82 bits per heavy atom. The monoisotopic (exact) mass is 236 g/mol. The van der Waals surface area contributed by atoms with Gasteiger partial charge in [0.2, 0.25) is 0 Å². The van der Waals surface area contributed by atoms with E-state index in [4.69, 9.17) is 5.11 Å². The summed E-state index contributed by atoms with van der Waals surface area (Å²) >= 11 is 0. The van der Waals surface area contributed by atoms with Crippen LogP contribution in [-0.2, 0) is 0 Å². The number of rotatable bonds is 6. The van der Waals surface area contributed by atoms with E-state index in [0.29, 0.717) is 18.8 Å². The molecule has 0 aromatic carbocycles. The number of aromatic nitrogens is 1. The summed E-state index contributed by atoms with van der Waals surface area (Å²) in [5.74, 6) is -0.0920. The third-order valence-corrected chi connectivity index (χ3v) is 2.65. The first-order valence-electron chi connectivity index (χ1n) is 6.02. The molecule has 17 heavy (non-hydrogen) atoms. The topological polar surface area (TPSA) is 53.4 Å².